The highest BCUT2D eigenvalue weighted by molar-refractivity contribution is 7.98. The lowest BCUT2D eigenvalue weighted by Gasteiger charge is -2.51. The molecule has 5 aromatic rings. The van der Waals surface area contributed by atoms with Crippen LogP contribution in [0.15, 0.2) is 138 Å². The molecule has 0 aliphatic carbocycles. The second kappa shape index (κ2) is 18.3. The molecule has 55 heavy (non-hydrogen) atoms. The molecule has 1 saturated heterocycles. The molecule has 0 aromatic heterocycles. The molecule has 0 saturated carbocycles. The van der Waals surface area contributed by atoms with Gasteiger partial charge in [0.15, 0.2) is 0 Å². The van der Waals surface area contributed by atoms with E-state index in [2.05, 4.69) is 98.0 Å². The topological polar surface area (TPSA) is 55.4 Å². The predicted octanol–water partition coefficient (Wildman–Crippen LogP) is 9.69. The van der Waals surface area contributed by atoms with Gasteiger partial charge in [-0.3, -0.25) is 0 Å². The van der Waals surface area contributed by atoms with Crippen LogP contribution in [-0.2, 0) is 67.2 Å². The molecule has 6 nitrogen and oxygen atoms in total. The Morgan fingerprint density at radius 2 is 1.18 bits per heavy atom. The van der Waals surface area contributed by atoms with E-state index in [9.17, 15) is 0 Å². The predicted molar refractivity (Wildman–Crippen MR) is 221 cm³/mol. The van der Waals surface area contributed by atoms with Crippen molar-refractivity contribution < 1.29 is 28.4 Å². The standard InChI is InChI=1S/C47H50O6SSi/c1-54-43-28-40-33-52-47(41(40)27-39(43)25-26-55(2,3)4)46(51-32-38-23-15-8-16-24-38)45(50-31-37-21-13-7-14-22-37)44(49-30-36-19-11-6-12-20-36)42(53-47)34-48-29-35-17-9-5-10-18-35/h5-24,27-28,42,44-46H,29-34H2,1-4H3/t42-,44-,45+,46-,47+/m1/s1. The molecule has 2 heterocycles. The summed E-state index contributed by atoms with van der Waals surface area (Å²) in [5, 5.41) is 0. The van der Waals surface area contributed by atoms with E-state index in [0.717, 1.165) is 43.8 Å². The van der Waals surface area contributed by atoms with Crippen molar-refractivity contribution in [3.05, 3.63) is 172 Å². The maximum atomic E-state index is 7.33. The molecule has 8 heteroatoms. The van der Waals surface area contributed by atoms with Crippen molar-refractivity contribution in [2.24, 2.45) is 0 Å². The van der Waals surface area contributed by atoms with Gasteiger partial charge in [0.2, 0.25) is 5.79 Å². The Kier molecular flexibility index (Phi) is 13.0. The fraction of sp³-hybridized carbons (Fsp3) is 0.319. The summed E-state index contributed by atoms with van der Waals surface area (Å²) in [7, 11) is -1.68. The van der Waals surface area contributed by atoms with Crippen LogP contribution in [0.4, 0.5) is 0 Å². The zero-order valence-corrected chi connectivity index (χ0v) is 33.9. The molecular formula is C47H50O6SSi. The molecule has 7 rings (SSSR count). The van der Waals surface area contributed by atoms with Crippen molar-refractivity contribution in [3.63, 3.8) is 0 Å². The van der Waals surface area contributed by atoms with Crippen LogP contribution in [0.2, 0.25) is 19.6 Å². The first-order chi connectivity index (χ1) is 26.8. The Morgan fingerprint density at radius 3 is 1.71 bits per heavy atom. The van der Waals surface area contributed by atoms with E-state index >= 15 is 0 Å². The highest BCUT2D eigenvalue weighted by Gasteiger charge is 2.61. The van der Waals surface area contributed by atoms with Crippen molar-refractivity contribution in [2.75, 3.05) is 12.9 Å². The molecule has 5 aromatic carbocycles. The summed E-state index contributed by atoms with van der Waals surface area (Å²) in [4.78, 5) is 1.12. The number of benzene rings is 5. The maximum absolute atomic E-state index is 7.33. The minimum absolute atomic E-state index is 0.247. The normalized spacial score (nSPS) is 21.9. The summed E-state index contributed by atoms with van der Waals surface area (Å²) in [5.41, 5.74) is 10.7. The van der Waals surface area contributed by atoms with Gasteiger partial charge >= 0.3 is 0 Å². The van der Waals surface area contributed by atoms with E-state index in [1.807, 2.05) is 72.8 Å². The molecular weight excluding hydrogens is 721 g/mol. The lowest BCUT2D eigenvalue weighted by Crippen LogP contribution is -2.65. The van der Waals surface area contributed by atoms with E-state index in [1.54, 1.807) is 11.8 Å². The highest BCUT2D eigenvalue weighted by atomic mass is 32.2. The maximum Gasteiger partial charge on any atom is 0.226 e. The Hall–Kier alpha value is -4.01. The Morgan fingerprint density at radius 1 is 0.673 bits per heavy atom. The first-order valence-corrected chi connectivity index (χ1v) is 23.7. The largest absolute Gasteiger partial charge is 0.374 e. The van der Waals surface area contributed by atoms with Crippen molar-refractivity contribution in [2.45, 2.75) is 87.8 Å². The number of hydrogen-bond acceptors (Lipinski definition) is 7. The van der Waals surface area contributed by atoms with Gasteiger partial charge in [-0.05, 0) is 46.2 Å². The van der Waals surface area contributed by atoms with Crippen molar-refractivity contribution in [1.29, 1.82) is 0 Å². The number of ether oxygens (including phenoxy) is 6. The third-order valence-corrected chi connectivity index (χ3v) is 11.4. The van der Waals surface area contributed by atoms with Crippen LogP contribution in [0, 0.1) is 11.5 Å². The summed E-state index contributed by atoms with van der Waals surface area (Å²) >= 11 is 1.70. The number of fused-ring (bicyclic) bond motifs is 2. The van der Waals surface area contributed by atoms with Crippen molar-refractivity contribution in [3.8, 4) is 11.5 Å². The zero-order chi connectivity index (χ0) is 38.1. The van der Waals surface area contributed by atoms with Gasteiger partial charge in [0.1, 0.15) is 32.5 Å². The smallest absolute Gasteiger partial charge is 0.226 e. The molecule has 284 valence electrons. The van der Waals surface area contributed by atoms with E-state index in [4.69, 9.17) is 28.4 Å². The van der Waals surface area contributed by atoms with Crippen molar-refractivity contribution >= 4 is 19.8 Å². The van der Waals surface area contributed by atoms with Crippen LogP contribution in [0.3, 0.4) is 0 Å². The second-order valence-electron chi connectivity index (χ2n) is 15.1. The van der Waals surface area contributed by atoms with Crippen LogP contribution < -0.4 is 0 Å². The van der Waals surface area contributed by atoms with Gasteiger partial charge in [-0.15, -0.1) is 17.3 Å². The van der Waals surface area contributed by atoms with E-state index in [-0.39, 0.29) is 6.61 Å². The van der Waals surface area contributed by atoms with Crippen LogP contribution in [-0.4, -0.2) is 45.4 Å². The van der Waals surface area contributed by atoms with E-state index in [1.165, 1.54) is 0 Å². The van der Waals surface area contributed by atoms with Gasteiger partial charge in [-0.25, -0.2) is 0 Å². The second-order valence-corrected chi connectivity index (χ2v) is 20.7. The number of thioether (sulfide) groups is 1. The van der Waals surface area contributed by atoms with Gasteiger partial charge < -0.3 is 28.4 Å². The highest BCUT2D eigenvalue weighted by Crippen LogP contribution is 2.50. The van der Waals surface area contributed by atoms with Gasteiger partial charge in [0, 0.05) is 16.0 Å². The van der Waals surface area contributed by atoms with Crippen LogP contribution >= 0.6 is 11.8 Å². The SMILES string of the molecule is CSc1cc2c(cc1C#C[Si](C)(C)C)[C@]1(OC2)O[C@H](COCc2ccccc2)[C@@H](OCc2ccccc2)[C@H](OCc2ccccc2)[C@H]1OCc1ccccc1. The lowest BCUT2D eigenvalue weighted by molar-refractivity contribution is -0.387. The minimum atomic E-state index is -1.68. The van der Waals surface area contributed by atoms with Gasteiger partial charge in [-0.1, -0.05) is 147 Å². The summed E-state index contributed by atoms with van der Waals surface area (Å²) < 4.78 is 41.8. The minimum Gasteiger partial charge on any atom is -0.374 e. The first kappa shape index (κ1) is 39.2. The summed E-state index contributed by atoms with van der Waals surface area (Å²) in [6.07, 6.45) is -0.392. The third-order valence-electron chi connectivity index (χ3n) is 9.74. The monoisotopic (exact) mass is 770 g/mol. The molecule has 0 amide bonds. The summed E-state index contributed by atoms with van der Waals surface area (Å²) in [6, 6.07) is 45.2. The summed E-state index contributed by atoms with van der Waals surface area (Å²) in [5.74, 6) is 2.23. The van der Waals surface area contributed by atoms with Crippen molar-refractivity contribution in [1.82, 2.24) is 0 Å². The molecule has 0 radical (unpaired) electrons. The third kappa shape index (κ3) is 9.87. The average Bonchev–Trinajstić information content (AvgIpc) is 3.56. The fourth-order valence-corrected chi connectivity index (χ4v) is 8.12. The Balaban J connectivity index is 1.33. The molecule has 5 atom stereocenters. The van der Waals surface area contributed by atoms with Gasteiger partial charge in [0.25, 0.3) is 0 Å². The molecule has 1 fully saturated rings. The van der Waals surface area contributed by atoms with Crippen LogP contribution in [0.5, 0.6) is 0 Å². The molecule has 0 unspecified atom stereocenters. The molecule has 2 aliphatic heterocycles. The first-order valence-electron chi connectivity index (χ1n) is 19.0. The van der Waals surface area contributed by atoms with Crippen LogP contribution in [0.1, 0.15) is 38.9 Å². The quantitative estimate of drug-likeness (QED) is 0.0634. The molecule has 2 aliphatic rings. The Bertz CT molecular complexity index is 2030. The van der Waals surface area contributed by atoms with Gasteiger partial charge in [0.05, 0.1) is 39.6 Å². The van der Waals surface area contributed by atoms with E-state index < -0.39 is 38.3 Å². The Labute approximate surface area is 331 Å². The number of rotatable bonds is 14. The molecule has 1 spiro atoms. The summed E-state index contributed by atoms with van der Waals surface area (Å²) in [6.45, 7) is 8.85. The zero-order valence-electron chi connectivity index (χ0n) is 32.1. The van der Waals surface area contributed by atoms with E-state index in [0.29, 0.717) is 33.0 Å². The molecule has 0 N–H and O–H groups in total. The molecule has 0 bridgehead atoms. The fourth-order valence-electron chi connectivity index (χ4n) is 7.02. The number of hydrogen-bond donors (Lipinski definition) is 0. The van der Waals surface area contributed by atoms with Gasteiger partial charge in [-0.2, -0.15) is 0 Å². The average molecular weight is 771 g/mol. The van der Waals surface area contributed by atoms with Crippen LogP contribution in [0.25, 0.3) is 0 Å². The lowest BCUT2D eigenvalue weighted by atomic mass is 9.86.